The van der Waals surface area contributed by atoms with Crippen molar-refractivity contribution >= 4 is 23.7 Å². The summed E-state index contributed by atoms with van der Waals surface area (Å²) in [4.78, 5) is 20.6. The van der Waals surface area contributed by atoms with Crippen LogP contribution in [0.25, 0.3) is 5.82 Å². The van der Waals surface area contributed by atoms with Gasteiger partial charge in [0.15, 0.2) is 5.82 Å². The molecule has 1 aliphatic carbocycles. The molecule has 1 unspecified atom stereocenters. The zero-order valence-corrected chi connectivity index (χ0v) is 26.2. The molecule has 3 aromatic heterocycles. The van der Waals surface area contributed by atoms with Gasteiger partial charge in [-0.1, -0.05) is 13.8 Å². The van der Waals surface area contributed by atoms with Gasteiger partial charge in [-0.2, -0.15) is 18.3 Å². The topological polar surface area (TPSA) is 90.1 Å². The van der Waals surface area contributed by atoms with E-state index in [1.807, 2.05) is 31.6 Å². The number of nitrogens with zero attached hydrogens (tertiary/aromatic N) is 6. The molecule has 2 aliphatic heterocycles. The number of fused-ring (bicyclic) bond motifs is 6. The standard InChI is InChI=1S/C28H34F3N7O2S.C2H6/c1-18-16-36-12-4-5-19-15-26(2,3)37(17-19)23-20(24(39)35-41-25(18)34-36)6-7-21(32-23)38-13-8-22(33-38)40-14-11-27(9-10-27)28(29,30)31;1-2/h6-8,13,16,19H,4-5,9-12,14-15,17H2,1-3H3,(H,35,39);1-2H3. The number of hydrogen-bond donors (Lipinski definition) is 1. The Bertz CT molecular complexity index is 1450. The van der Waals surface area contributed by atoms with E-state index < -0.39 is 11.6 Å². The number of amides is 1. The van der Waals surface area contributed by atoms with E-state index in [4.69, 9.17) is 9.72 Å². The van der Waals surface area contributed by atoms with Crippen molar-refractivity contribution in [2.24, 2.45) is 11.3 Å². The number of carbonyl (C=O) groups is 1. The molecule has 1 atom stereocenters. The molecular weight excluding hydrogens is 579 g/mol. The summed E-state index contributed by atoms with van der Waals surface area (Å²) in [5, 5.41) is 9.81. The van der Waals surface area contributed by atoms with Crippen LogP contribution in [0.15, 0.2) is 35.6 Å². The number of aryl methyl sites for hydroxylation is 2. The van der Waals surface area contributed by atoms with E-state index in [1.54, 1.807) is 24.4 Å². The maximum atomic E-state index is 13.5. The summed E-state index contributed by atoms with van der Waals surface area (Å²) in [5.74, 6) is 1.47. The smallest absolute Gasteiger partial charge is 0.394 e. The molecule has 0 aromatic carbocycles. The number of hydrogen-bond acceptors (Lipinski definition) is 7. The number of alkyl halides is 3. The van der Waals surface area contributed by atoms with Crippen LogP contribution in [0.2, 0.25) is 0 Å². The summed E-state index contributed by atoms with van der Waals surface area (Å²) in [5.41, 5.74) is -0.371. The molecule has 1 saturated heterocycles. The monoisotopic (exact) mass is 619 g/mol. The van der Waals surface area contributed by atoms with Crippen molar-refractivity contribution in [3.05, 3.63) is 41.7 Å². The molecule has 234 valence electrons. The third-order valence-corrected chi connectivity index (χ3v) is 9.43. The largest absolute Gasteiger partial charge is 0.477 e. The highest BCUT2D eigenvalue weighted by Gasteiger charge is 2.62. The molecule has 43 heavy (non-hydrogen) atoms. The fraction of sp³-hybridized carbons (Fsp3) is 0.600. The number of aromatic nitrogens is 5. The second-order valence-electron chi connectivity index (χ2n) is 12.1. The zero-order valence-electron chi connectivity index (χ0n) is 25.4. The van der Waals surface area contributed by atoms with Gasteiger partial charge in [-0.15, -0.1) is 5.10 Å². The second-order valence-corrected chi connectivity index (χ2v) is 12.9. The summed E-state index contributed by atoms with van der Waals surface area (Å²) in [6, 6.07) is 5.07. The lowest BCUT2D eigenvalue weighted by Gasteiger charge is -2.34. The van der Waals surface area contributed by atoms with Gasteiger partial charge < -0.3 is 9.64 Å². The highest BCUT2D eigenvalue weighted by atomic mass is 32.2. The van der Waals surface area contributed by atoms with Crippen molar-refractivity contribution in [3.63, 3.8) is 0 Å². The van der Waals surface area contributed by atoms with Crippen LogP contribution in [0.3, 0.4) is 0 Å². The van der Waals surface area contributed by atoms with Crippen LogP contribution >= 0.6 is 11.9 Å². The van der Waals surface area contributed by atoms with Crippen LogP contribution in [0.1, 0.15) is 82.1 Å². The first kappa shape index (κ1) is 31.2. The SMILES string of the molecule is CC.Cc1cn2nc1SNC(=O)c1ccc(-n3ccc(OCCC4(C(F)(F)F)CC4)n3)nc1N1CC(CCC2)CC1(C)C. The van der Waals surface area contributed by atoms with Crippen LogP contribution in [0.4, 0.5) is 19.0 Å². The Hall–Kier alpha value is -3.22. The van der Waals surface area contributed by atoms with Crippen molar-refractivity contribution < 1.29 is 22.7 Å². The van der Waals surface area contributed by atoms with Gasteiger partial charge in [-0.3, -0.25) is 14.2 Å². The Morgan fingerprint density at radius 2 is 1.93 bits per heavy atom. The van der Waals surface area contributed by atoms with E-state index in [1.165, 1.54) is 16.6 Å². The van der Waals surface area contributed by atoms with Gasteiger partial charge in [0.05, 0.1) is 17.6 Å². The number of halogens is 3. The van der Waals surface area contributed by atoms with Crippen LogP contribution in [0, 0.1) is 18.3 Å². The number of nitrogens with one attached hydrogen (secondary N) is 1. The van der Waals surface area contributed by atoms with E-state index in [0.717, 1.165) is 42.9 Å². The average Bonchev–Trinajstić information content (AvgIpc) is 3.32. The van der Waals surface area contributed by atoms with E-state index in [9.17, 15) is 18.0 Å². The van der Waals surface area contributed by atoms with Gasteiger partial charge in [-0.25, -0.2) is 9.67 Å². The third-order valence-electron chi connectivity index (χ3n) is 8.54. The highest BCUT2D eigenvalue weighted by molar-refractivity contribution is 7.98. The quantitative estimate of drug-likeness (QED) is 0.316. The Balaban J connectivity index is 0.00000180. The van der Waals surface area contributed by atoms with Crippen LogP contribution in [0.5, 0.6) is 5.88 Å². The third kappa shape index (κ3) is 6.51. The molecule has 1 amide bonds. The zero-order chi connectivity index (χ0) is 31.0. The minimum absolute atomic E-state index is 0.0625. The lowest BCUT2D eigenvalue weighted by Crippen LogP contribution is -2.40. The number of anilines is 1. The van der Waals surface area contributed by atoms with Crippen molar-refractivity contribution in [1.82, 2.24) is 29.3 Å². The lowest BCUT2D eigenvalue weighted by atomic mass is 9.93. The first-order chi connectivity index (χ1) is 20.4. The van der Waals surface area contributed by atoms with Gasteiger partial charge in [0.2, 0.25) is 5.88 Å². The molecule has 9 nitrogen and oxygen atoms in total. The maximum Gasteiger partial charge on any atom is 0.394 e. The molecule has 5 heterocycles. The van der Waals surface area contributed by atoms with Gasteiger partial charge in [0.1, 0.15) is 10.8 Å². The number of pyridine rings is 1. The molecule has 1 N–H and O–H groups in total. The molecule has 1 saturated carbocycles. The van der Waals surface area contributed by atoms with Crippen LogP contribution in [-0.4, -0.2) is 55.3 Å². The average molecular weight is 620 g/mol. The number of carbonyl (C=O) groups excluding carboxylic acids is 1. The van der Waals surface area contributed by atoms with Gasteiger partial charge in [0.25, 0.3) is 5.91 Å². The Morgan fingerprint density at radius 3 is 2.65 bits per heavy atom. The summed E-state index contributed by atoms with van der Waals surface area (Å²) in [6.07, 6.45) is 2.70. The van der Waals surface area contributed by atoms with Crippen molar-refractivity contribution in [2.75, 3.05) is 18.1 Å². The van der Waals surface area contributed by atoms with Gasteiger partial charge in [-0.05, 0) is 77.3 Å². The van der Waals surface area contributed by atoms with Crippen LogP contribution in [-0.2, 0) is 6.54 Å². The summed E-state index contributed by atoms with van der Waals surface area (Å²) in [6.45, 7) is 11.9. The fourth-order valence-electron chi connectivity index (χ4n) is 6.00. The predicted molar refractivity (Wildman–Crippen MR) is 160 cm³/mol. The second kappa shape index (κ2) is 12.0. The number of rotatable bonds is 5. The first-order valence-electron chi connectivity index (χ1n) is 15.0. The molecule has 13 heteroatoms. The Labute approximate surface area is 254 Å². The van der Waals surface area contributed by atoms with Gasteiger partial charge in [0, 0.05) is 54.6 Å². The van der Waals surface area contributed by atoms with Crippen molar-refractivity contribution in [1.29, 1.82) is 0 Å². The highest BCUT2D eigenvalue weighted by Crippen LogP contribution is 2.59. The molecule has 0 radical (unpaired) electrons. The van der Waals surface area contributed by atoms with E-state index in [0.29, 0.717) is 23.1 Å². The molecule has 0 spiro atoms. The Morgan fingerprint density at radius 1 is 1.16 bits per heavy atom. The molecule has 6 rings (SSSR count). The minimum Gasteiger partial charge on any atom is -0.477 e. The predicted octanol–water partition coefficient (Wildman–Crippen LogP) is 6.75. The molecule has 3 aromatic rings. The van der Waals surface area contributed by atoms with Crippen molar-refractivity contribution in [3.8, 4) is 11.7 Å². The molecular formula is C30H40F3N7O2S. The fourth-order valence-corrected chi connectivity index (χ4v) is 6.66. The summed E-state index contributed by atoms with van der Waals surface area (Å²) >= 11 is 1.20. The molecule has 3 aliphatic rings. The van der Waals surface area contributed by atoms with E-state index >= 15 is 0 Å². The Kier molecular flexibility index (Phi) is 8.75. The first-order valence-corrected chi connectivity index (χ1v) is 15.8. The molecule has 4 bridgehead atoms. The minimum atomic E-state index is -4.21. The number of ether oxygens (including phenoxy) is 1. The van der Waals surface area contributed by atoms with Crippen molar-refractivity contribution in [2.45, 2.75) is 96.4 Å². The normalized spacial score (nSPS) is 20.8. The summed E-state index contributed by atoms with van der Waals surface area (Å²) < 4.78 is 51.7. The maximum absolute atomic E-state index is 13.5. The summed E-state index contributed by atoms with van der Waals surface area (Å²) in [7, 11) is 0. The lowest BCUT2D eigenvalue weighted by molar-refractivity contribution is -0.190. The molecule has 2 fully saturated rings. The van der Waals surface area contributed by atoms with E-state index in [-0.39, 0.29) is 43.2 Å². The van der Waals surface area contributed by atoms with Crippen LogP contribution < -0.4 is 14.4 Å². The van der Waals surface area contributed by atoms with E-state index in [2.05, 4.69) is 33.7 Å². The van der Waals surface area contributed by atoms with Gasteiger partial charge >= 0.3 is 6.18 Å².